The fourth-order valence-corrected chi connectivity index (χ4v) is 1.83. The second-order valence-corrected chi connectivity index (χ2v) is 4.00. The van der Waals surface area contributed by atoms with Gasteiger partial charge in [-0.2, -0.15) is 0 Å². The second kappa shape index (κ2) is 5.50. The molecule has 1 aliphatic rings. The number of benzene rings is 1. The summed E-state index contributed by atoms with van der Waals surface area (Å²) in [4.78, 5) is 24.2. The van der Waals surface area contributed by atoms with Crippen molar-refractivity contribution < 1.29 is 14.3 Å². The molecule has 18 heavy (non-hydrogen) atoms. The first-order chi connectivity index (χ1) is 8.70. The number of anilines is 1. The summed E-state index contributed by atoms with van der Waals surface area (Å²) >= 11 is 0. The highest BCUT2D eigenvalue weighted by molar-refractivity contribution is 5.95. The summed E-state index contributed by atoms with van der Waals surface area (Å²) in [7, 11) is 0. The number of hydrazine groups is 1. The molecule has 1 aliphatic heterocycles. The van der Waals surface area contributed by atoms with E-state index >= 15 is 0 Å². The zero-order valence-electron chi connectivity index (χ0n) is 9.89. The quantitative estimate of drug-likeness (QED) is 0.453. The van der Waals surface area contributed by atoms with E-state index in [1.54, 1.807) is 29.2 Å². The van der Waals surface area contributed by atoms with E-state index < -0.39 is 5.91 Å². The van der Waals surface area contributed by atoms with Crippen LogP contribution in [0, 0.1) is 0 Å². The highest BCUT2D eigenvalue weighted by atomic mass is 16.5. The van der Waals surface area contributed by atoms with Crippen molar-refractivity contribution in [2.24, 2.45) is 5.84 Å². The van der Waals surface area contributed by atoms with Crippen LogP contribution in [-0.4, -0.2) is 25.0 Å². The zero-order chi connectivity index (χ0) is 13.0. The smallest absolute Gasteiger partial charge is 0.271 e. The Morgan fingerprint density at radius 3 is 2.67 bits per heavy atom. The molecule has 2 rings (SSSR count). The third-order valence-corrected chi connectivity index (χ3v) is 2.75. The zero-order valence-corrected chi connectivity index (χ0v) is 9.89. The maximum atomic E-state index is 11.5. The fraction of sp³-hybridized carbons (Fsp3) is 0.333. The van der Waals surface area contributed by atoms with E-state index in [0.717, 1.165) is 18.7 Å². The van der Waals surface area contributed by atoms with Gasteiger partial charge >= 0.3 is 0 Å². The number of amides is 2. The van der Waals surface area contributed by atoms with Crippen molar-refractivity contribution in [3.05, 3.63) is 24.3 Å². The van der Waals surface area contributed by atoms with Crippen LogP contribution in [-0.2, 0) is 9.59 Å². The number of rotatable bonds is 4. The van der Waals surface area contributed by atoms with Gasteiger partial charge in [-0.25, -0.2) is 5.84 Å². The van der Waals surface area contributed by atoms with Gasteiger partial charge in [0, 0.05) is 18.7 Å². The Kier molecular flexibility index (Phi) is 3.78. The monoisotopic (exact) mass is 249 g/mol. The summed E-state index contributed by atoms with van der Waals surface area (Å²) in [5.41, 5.74) is 2.84. The largest absolute Gasteiger partial charge is 0.484 e. The summed E-state index contributed by atoms with van der Waals surface area (Å²) in [5, 5.41) is 0. The van der Waals surface area contributed by atoms with Gasteiger partial charge in [0.25, 0.3) is 5.91 Å². The first-order valence-corrected chi connectivity index (χ1v) is 5.73. The van der Waals surface area contributed by atoms with Gasteiger partial charge in [-0.3, -0.25) is 15.0 Å². The molecular formula is C12H15N3O3. The van der Waals surface area contributed by atoms with E-state index in [4.69, 9.17) is 10.6 Å². The number of nitrogens with one attached hydrogen (secondary N) is 1. The predicted octanol–water partition coefficient (Wildman–Crippen LogP) is 0.182. The maximum Gasteiger partial charge on any atom is 0.271 e. The van der Waals surface area contributed by atoms with Crippen molar-refractivity contribution in [1.82, 2.24) is 5.43 Å². The Labute approximate surface area is 105 Å². The van der Waals surface area contributed by atoms with Gasteiger partial charge in [0.05, 0.1) is 0 Å². The van der Waals surface area contributed by atoms with Crippen LogP contribution >= 0.6 is 0 Å². The molecule has 0 bridgehead atoms. The molecule has 0 aromatic heterocycles. The van der Waals surface area contributed by atoms with Crippen LogP contribution in [0.25, 0.3) is 0 Å². The average Bonchev–Trinajstić information content (AvgIpc) is 2.83. The molecule has 1 heterocycles. The molecule has 0 spiro atoms. The molecule has 96 valence electrons. The number of carbonyl (C=O) groups excluding carboxylic acids is 2. The normalized spacial score (nSPS) is 14.7. The van der Waals surface area contributed by atoms with Crippen molar-refractivity contribution in [2.75, 3.05) is 18.1 Å². The summed E-state index contributed by atoms with van der Waals surface area (Å²) in [5.74, 6) is 5.25. The van der Waals surface area contributed by atoms with Crippen LogP contribution in [0.15, 0.2) is 24.3 Å². The Morgan fingerprint density at radius 1 is 1.39 bits per heavy atom. The number of nitrogens with zero attached hydrogens (tertiary/aromatic N) is 1. The van der Waals surface area contributed by atoms with E-state index in [1.165, 1.54) is 0 Å². The molecule has 6 heteroatoms. The number of nitrogens with two attached hydrogens (primary N) is 1. The van der Waals surface area contributed by atoms with E-state index in [0.29, 0.717) is 12.2 Å². The highest BCUT2D eigenvalue weighted by Crippen LogP contribution is 2.23. The van der Waals surface area contributed by atoms with Crippen LogP contribution < -0.4 is 20.9 Å². The van der Waals surface area contributed by atoms with Gasteiger partial charge in [0.2, 0.25) is 5.91 Å². The van der Waals surface area contributed by atoms with E-state index in [2.05, 4.69) is 0 Å². The molecule has 3 N–H and O–H groups in total. The fourth-order valence-electron chi connectivity index (χ4n) is 1.83. The molecule has 0 radical (unpaired) electrons. The Hall–Kier alpha value is -2.08. The lowest BCUT2D eigenvalue weighted by atomic mass is 10.3. The highest BCUT2D eigenvalue weighted by Gasteiger charge is 2.21. The third-order valence-electron chi connectivity index (χ3n) is 2.75. The minimum atomic E-state index is -0.395. The lowest BCUT2D eigenvalue weighted by Crippen LogP contribution is -2.34. The first-order valence-electron chi connectivity index (χ1n) is 5.73. The molecular weight excluding hydrogens is 234 g/mol. The summed E-state index contributed by atoms with van der Waals surface area (Å²) in [6.07, 6.45) is 1.50. The molecule has 2 amide bonds. The number of ether oxygens (including phenoxy) is 1. The van der Waals surface area contributed by atoms with Gasteiger partial charge in [-0.1, -0.05) is 0 Å². The number of hydrogen-bond donors (Lipinski definition) is 2. The minimum Gasteiger partial charge on any atom is -0.484 e. The van der Waals surface area contributed by atoms with Crippen LogP contribution in [0.1, 0.15) is 12.8 Å². The van der Waals surface area contributed by atoms with E-state index in [1.807, 2.05) is 5.43 Å². The lowest BCUT2D eigenvalue weighted by Gasteiger charge is -2.15. The topological polar surface area (TPSA) is 84.7 Å². The van der Waals surface area contributed by atoms with Crippen LogP contribution in [0.3, 0.4) is 0 Å². The summed E-state index contributed by atoms with van der Waals surface area (Å²) in [6, 6.07) is 7.06. The van der Waals surface area contributed by atoms with Crippen molar-refractivity contribution >= 4 is 17.5 Å². The van der Waals surface area contributed by atoms with Gasteiger partial charge in [0.15, 0.2) is 6.61 Å². The van der Waals surface area contributed by atoms with Crippen molar-refractivity contribution in [2.45, 2.75) is 12.8 Å². The van der Waals surface area contributed by atoms with Crippen molar-refractivity contribution in [1.29, 1.82) is 0 Å². The standard InChI is InChI=1S/C12H15N3O3/c13-14-11(16)8-18-10-5-3-9(4-6-10)15-7-1-2-12(15)17/h3-6H,1-2,7-8,13H2,(H,14,16). The summed E-state index contributed by atoms with van der Waals surface area (Å²) < 4.78 is 5.21. The predicted molar refractivity (Wildman–Crippen MR) is 65.9 cm³/mol. The molecule has 0 saturated carbocycles. The van der Waals surface area contributed by atoms with Crippen molar-refractivity contribution in [3.63, 3.8) is 0 Å². The molecule has 1 aromatic rings. The molecule has 0 atom stereocenters. The molecule has 1 aromatic carbocycles. The Morgan fingerprint density at radius 2 is 2.11 bits per heavy atom. The lowest BCUT2D eigenvalue weighted by molar-refractivity contribution is -0.123. The molecule has 0 unspecified atom stereocenters. The third kappa shape index (κ3) is 2.78. The van der Waals surface area contributed by atoms with E-state index in [9.17, 15) is 9.59 Å². The van der Waals surface area contributed by atoms with Gasteiger partial charge < -0.3 is 9.64 Å². The molecule has 1 saturated heterocycles. The van der Waals surface area contributed by atoms with E-state index in [-0.39, 0.29) is 12.5 Å². The van der Waals surface area contributed by atoms with Crippen LogP contribution in [0.4, 0.5) is 5.69 Å². The maximum absolute atomic E-state index is 11.5. The molecule has 0 aliphatic carbocycles. The Balaban J connectivity index is 1.97. The second-order valence-electron chi connectivity index (χ2n) is 4.00. The molecule has 6 nitrogen and oxygen atoms in total. The SMILES string of the molecule is NNC(=O)COc1ccc(N2CCCC2=O)cc1. The van der Waals surface area contributed by atoms with Gasteiger partial charge in [0.1, 0.15) is 5.75 Å². The average molecular weight is 249 g/mol. The molecule has 1 fully saturated rings. The van der Waals surface area contributed by atoms with Crippen molar-refractivity contribution in [3.8, 4) is 5.75 Å². The van der Waals surface area contributed by atoms with Crippen LogP contribution in [0.5, 0.6) is 5.75 Å². The number of carbonyl (C=O) groups is 2. The van der Waals surface area contributed by atoms with Crippen LogP contribution in [0.2, 0.25) is 0 Å². The first kappa shape index (κ1) is 12.4. The Bertz CT molecular complexity index is 444. The number of hydrogen-bond acceptors (Lipinski definition) is 4. The van der Waals surface area contributed by atoms with Gasteiger partial charge in [-0.05, 0) is 30.7 Å². The minimum absolute atomic E-state index is 0.126. The summed E-state index contributed by atoms with van der Waals surface area (Å²) in [6.45, 7) is 0.632. The van der Waals surface area contributed by atoms with Gasteiger partial charge in [-0.15, -0.1) is 0 Å².